The molecule has 0 aliphatic carbocycles. The maximum Gasteiger partial charge on any atom is 0.176 e. The number of rotatable bonds is 6. The Morgan fingerprint density at radius 1 is 1.26 bits per heavy atom. The zero-order valence-corrected chi connectivity index (χ0v) is 11.6. The molecule has 0 fully saturated rings. The number of likely N-dealkylation sites (N-methyl/N-ethyl adjacent to an activating group) is 1. The van der Waals surface area contributed by atoms with Gasteiger partial charge in [-0.3, -0.25) is 9.69 Å². The van der Waals surface area contributed by atoms with Crippen molar-refractivity contribution in [1.82, 2.24) is 4.90 Å². The highest BCUT2D eigenvalue weighted by atomic mass is 16.3. The molecule has 0 saturated heterocycles. The van der Waals surface area contributed by atoms with Crippen molar-refractivity contribution in [3.8, 4) is 11.5 Å². The molecule has 1 rings (SSSR count). The quantitative estimate of drug-likeness (QED) is 0.536. The van der Waals surface area contributed by atoms with Crippen LogP contribution < -0.4 is 0 Å². The largest absolute Gasteiger partial charge is 0.504 e. The van der Waals surface area contributed by atoms with Gasteiger partial charge in [0.1, 0.15) is 0 Å². The predicted molar refractivity (Wildman–Crippen MR) is 72.5 cm³/mol. The van der Waals surface area contributed by atoms with Crippen molar-refractivity contribution in [3.63, 3.8) is 0 Å². The molecule has 1 aromatic carbocycles. The topological polar surface area (TPSA) is 81.0 Å². The van der Waals surface area contributed by atoms with Gasteiger partial charge in [0.2, 0.25) is 0 Å². The Morgan fingerprint density at radius 3 is 2.37 bits per heavy atom. The standard InChI is InChI=1S/C14H21NO4/c1-4-15(9-14(2,3)19)8-13(18)10-5-6-11(16)12(17)7-10/h5-7,16-17,19H,4,8-9H2,1-3H3. The van der Waals surface area contributed by atoms with Crippen LogP contribution in [0.15, 0.2) is 18.2 Å². The molecule has 0 heterocycles. The van der Waals surface area contributed by atoms with Crippen molar-refractivity contribution in [3.05, 3.63) is 23.8 Å². The molecule has 0 bridgehead atoms. The summed E-state index contributed by atoms with van der Waals surface area (Å²) in [6, 6.07) is 4.00. The molecule has 1 aromatic rings. The summed E-state index contributed by atoms with van der Waals surface area (Å²) in [5.74, 6) is -0.724. The first-order valence-corrected chi connectivity index (χ1v) is 6.23. The molecule has 3 N–H and O–H groups in total. The first kappa shape index (κ1) is 15.5. The fraction of sp³-hybridized carbons (Fsp3) is 0.500. The molecule has 0 atom stereocenters. The highest BCUT2D eigenvalue weighted by Gasteiger charge is 2.20. The summed E-state index contributed by atoms with van der Waals surface area (Å²) in [6.07, 6.45) is 0. The van der Waals surface area contributed by atoms with E-state index in [1.54, 1.807) is 13.8 Å². The molecule has 0 unspecified atom stereocenters. The average Bonchev–Trinajstić information content (AvgIpc) is 2.29. The summed E-state index contributed by atoms with van der Waals surface area (Å²) in [5, 5.41) is 28.3. The number of Topliss-reactive ketones (excluding diaryl/α,β-unsaturated/α-hetero) is 1. The van der Waals surface area contributed by atoms with Crippen molar-refractivity contribution in [2.24, 2.45) is 0 Å². The van der Waals surface area contributed by atoms with E-state index in [1.807, 2.05) is 11.8 Å². The fourth-order valence-corrected chi connectivity index (χ4v) is 1.82. The lowest BCUT2D eigenvalue weighted by Crippen LogP contribution is -2.41. The number of phenols is 2. The Balaban J connectivity index is 2.74. The third kappa shape index (κ3) is 4.89. The first-order valence-electron chi connectivity index (χ1n) is 6.23. The third-order valence-corrected chi connectivity index (χ3v) is 2.72. The highest BCUT2D eigenvalue weighted by Crippen LogP contribution is 2.25. The number of hydrogen-bond acceptors (Lipinski definition) is 5. The molecule has 5 nitrogen and oxygen atoms in total. The number of phenolic OH excluding ortho intramolecular Hbond substituents is 2. The van der Waals surface area contributed by atoms with Gasteiger partial charge < -0.3 is 15.3 Å². The number of carbonyl (C=O) groups is 1. The maximum absolute atomic E-state index is 12.0. The third-order valence-electron chi connectivity index (χ3n) is 2.72. The van der Waals surface area contributed by atoms with E-state index in [2.05, 4.69) is 0 Å². The van der Waals surface area contributed by atoms with E-state index < -0.39 is 5.60 Å². The Labute approximate surface area is 113 Å². The molecular formula is C14H21NO4. The van der Waals surface area contributed by atoms with E-state index in [1.165, 1.54) is 18.2 Å². The highest BCUT2D eigenvalue weighted by molar-refractivity contribution is 5.98. The van der Waals surface area contributed by atoms with Gasteiger partial charge in [0.15, 0.2) is 17.3 Å². The summed E-state index contributed by atoms with van der Waals surface area (Å²) in [4.78, 5) is 13.9. The van der Waals surface area contributed by atoms with Crippen LogP contribution in [0.4, 0.5) is 0 Å². The van der Waals surface area contributed by atoms with Gasteiger partial charge in [-0.1, -0.05) is 6.92 Å². The lowest BCUT2D eigenvalue weighted by atomic mass is 10.1. The Bertz CT molecular complexity index is 451. The van der Waals surface area contributed by atoms with Gasteiger partial charge in [0.25, 0.3) is 0 Å². The molecule has 0 amide bonds. The first-order chi connectivity index (χ1) is 8.73. The van der Waals surface area contributed by atoms with Crippen molar-refractivity contribution < 1.29 is 20.1 Å². The molecule has 0 aliphatic heterocycles. The lowest BCUT2D eigenvalue weighted by molar-refractivity contribution is 0.0376. The van der Waals surface area contributed by atoms with Gasteiger partial charge in [-0.25, -0.2) is 0 Å². The molecule has 5 heteroatoms. The number of ketones is 1. The SMILES string of the molecule is CCN(CC(=O)c1ccc(O)c(O)c1)CC(C)(C)O. The molecule has 106 valence electrons. The molecule has 0 radical (unpaired) electrons. The summed E-state index contributed by atoms with van der Waals surface area (Å²) in [7, 11) is 0. The molecule has 0 saturated carbocycles. The van der Waals surface area contributed by atoms with E-state index in [9.17, 15) is 20.1 Å². The number of hydrogen-bond donors (Lipinski definition) is 3. The second-order valence-corrected chi connectivity index (χ2v) is 5.24. The summed E-state index contributed by atoms with van der Waals surface area (Å²) in [5.41, 5.74) is -0.530. The van der Waals surface area contributed by atoms with E-state index in [0.717, 1.165) is 0 Å². The van der Waals surface area contributed by atoms with Gasteiger partial charge in [-0.05, 0) is 38.6 Å². The second kappa shape index (κ2) is 6.04. The smallest absolute Gasteiger partial charge is 0.176 e. The van der Waals surface area contributed by atoms with Crippen LogP contribution >= 0.6 is 0 Å². The van der Waals surface area contributed by atoms with Crippen LogP contribution in [0.3, 0.4) is 0 Å². The molecule has 0 spiro atoms. The van der Waals surface area contributed by atoms with Gasteiger partial charge in [0.05, 0.1) is 12.1 Å². The number of carbonyl (C=O) groups excluding carboxylic acids is 1. The van der Waals surface area contributed by atoms with Gasteiger partial charge in [0, 0.05) is 12.1 Å². The van der Waals surface area contributed by atoms with Crippen LogP contribution in [0.1, 0.15) is 31.1 Å². The Morgan fingerprint density at radius 2 is 1.89 bits per heavy atom. The Kier molecular flexibility index (Phi) is 4.91. The normalized spacial score (nSPS) is 11.8. The van der Waals surface area contributed by atoms with Crippen LogP contribution in [0.2, 0.25) is 0 Å². The Hall–Kier alpha value is -1.59. The minimum absolute atomic E-state index is 0.157. The van der Waals surface area contributed by atoms with E-state index in [4.69, 9.17) is 0 Å². The number of aliphatic hydroxyl groups is 1. The van der Waals surface area contributed by atoms with Crippen molar-refractivity contribution in [2.75, 3.05) is 19.6 Å². The monoisotopic (exact) mass is 267 g/mol. The second-order valence-electron chi connectivity index (χ2n) is 5.24. The molecule has 19 heavy (non-hydrogen) atoms. The lowest BCUT2D eigenvalue weighted by Gasteiger charge is -2.27. The van der Waals surface area contributed by atoms with Crippen LogP contribution in [0, 0.1) is 0 Å². The van der Waals surface area contributed by atoms with E-state index in [-0.39, 0.29) is 23.8 Å². The van der Waals surface area contributed by atoms with Gasteiger partial charge in [-0.15, -0.1) is 0 Å². The maximum atomic E-state index is 12.0. The fourth-order valence-electron chi connectivity index (χ4n) is 1.82. The molecular weight excluding hydrogens is 246 g/mol. The average molecular weight is 267 g/mol. The van der Waals surface area contributed by atoms with Crippen molar-refractivity contribution in [2.45, 2.75) is 26.4 Å². The minimum Gasteiger partial charge on any atom is -0.504 e. The zero-order valence-electron chi connectivity index (χ0n) is 11.6. The van der Waals surface area contributed by atoms with Crippen LogP contribution in [-0.4, -0.2) is 51.2 Å². The molecule has 0 aromatic heterocycles. The minimum atomic E-state index is -0.868. The van der Waals surface area contributed by atoms with Crippen LogP contribution in [-0.2, 0) is 0 Å². The van der Waals surface area contributed by atoms with E-state index >= 15 is 0 Å². The number of benzene rings is 1. The van der Waals surface area contributed by atoms with Crippen LogP contribution in [0.5, 0.6) is 11.5 Å². The van der Waals surface area contributed by atoms with Gasteiger partial charge >= 0.3 is 0 Å². The van der Waals surface area contributed by atoms with Crippen LogP contribution in [0.25, 0.3) is 0 Å². The predicted octanol–water partition coefficient (Wildman–Crippen LogP) is 1.37. The summed E-state index contributed by atoms with van der Waals surface area (Å²) < 4.78 is 0. The van der Waals surface area contributed by atoms with Crippen molar-refractivity contribution in [1.29, 1.82) is 0 Å². The van der Waals surface area contributed by atoms with E-state index in [0.29, 0.717) is 18.7 Å². The zero-order chi connectivity index (χ0) is 14.6. The van der Waals surface area contributed by atoms with Crippen molar-refractivity contribution >= 4 is 5.78 Å². The summed E-state index contributed by atoms with van der Waals surface area (Å²) >= 11 is 0. The molecule has 0 aliphatic rings. The van der Waals surface area contributed by atoms with Gasteiger partial charge in [-0.2, -0.15) is 0 Å². The number of nitrogens with zero attached hydrogens (tertiary/aromatic N) is 1. The summed E-state index contributed by atoms with van der Waals surface area (Å²) in [6.45, 7) is 6.47. The number of aromatic hydroxyl groups is 2.